The van der Waals surface area contributed by atoms with Gasteiger partial charge in [0.25, 0.3) is 5.69 Å². The Morgan fingerprint density at radius 2 is 2.24 bits per heavy atom. The van der Waals surface area contributed by atoms with Crippen molar-refractivity contribution in [2.75, 3.05) is 0 Å². The SMILES string of the molecule is CCC(C)OC(=O)c1cccc([N+](=O)[O-])c1Br. The fourth-order valence-corrected chi connectivity index (χ4v) is 1.72. The number of hydrogen-bond acceptors (Lipinski definition) is 4. The van der Waals surface area contributed by atoms with Gasteiger partial charge < -0.3 is 4.74 Å². The van der Waals surface area contributed by atoms with Crippen LogP contribution in [0.5, 0.6) is 0 Å². The highest BCUT2D eigenvalue weighted by Crippen LogP contribution is 2.28. The van der Waals surface area contributed by atoms with E-state index in [2.05, 4.69) is 15.9 Å². The van der Waals surface area contributed by atoms with Gasteiger partial charge in [0, 0.05) is 6.07 Å². The van der Waals surface area contributed by atoms with Gasteiger partial charge in [-0.05, 0) is 35.3 Å². The summed E-state index contributed by atoms with van der Waals surface area (Å²) in [6.07, 6.45) is 0.479. The second kappa shape index (κ2) is 5.77. The minimum Gasteiger partial charge on any atom is -0.459 e. The van der Waals surface area contributed by atoms with Gasteiger partial charge in [-0.25, -0.2) is 4.79 Å². The van der Waals surface area contributed by atoms with Crippen molar-refractivity contribution < 1.29 is 14.5 Å². The summed E-state index contributed by atoms with van der Waals surface area (Å²) in [5.74, 6) is -0.560. The Labute approximate surface area is 107 Å². The lowest BCUT2D eigenvalue weighted by molar-refractivity contribution is -0.385. The van der Waals surface area contributed by atoms with Gasteiger partial charge in [0.05, 0.1) is 16.6 Å². The fraction of sp³-hybridized carbons (Fsp3) is 0.364. The molecule has 0 N–H and O–H groups in total. The van der Waals surface area contributed by atoms with Crippen LogP contribution in [0.3, 0.4) is 0 Å². The van der Waals surface area contributed by atoms with Crippen LogP contribution in [0.1, 0.15) is 30.6 Å². The van der Waals surface area contributed by atoms with E-state index < -0.39 is 10.9 Å². The summed E-state index contributed by atoms with van der Waals surface area (Å²) in [6.45, 7) is 3.66. The van der Waals surface area contributed by atoms with E-state index in [-0.39, 0.29) is 21.8 Å². The molecule has 0 radical (unpaired) electrons. The molecule has 92 valence electrons. The van der Waals surface area contributed by atoms with Gasteiger partial charge in [-0.2, -0.15) is 0 Å². The molecule has 0 spiro atoms. The van der Waals surface area contributed by atoms with E-state index in [9.17, 15) is 14.9 Å². The second-order valence-corrected chi connectivity index (χ2v) is 4.31. The van der Waals surface area contributed by atoms with Gasteiger partial charge in [-0.1, -0.05) is 13.0 Å². The summed E-state index contributed by atoms with van der Waals surface area (Å²) < 4.78 is 5.26. The van der Waals surface area contributed by atoms with Crippen molar-refractivity contribution in [2.24, 2.45) is 0 Å². The molecule has 0 fully saturated rings. The number of esters is 1. The van der Waals surface area contributed by atoms with E-state index in [1.807, 2.05) is 6.92 Å². The Kier molecular flexibility index (Phi) is 4.62. The van der Waals surface area contributed by atoms with Crippen LogP contribution in [0.2, 0.25) is 0 Å². The first kappa shape index (κ1) is 13.6. The standard InChI is InChI=1S/C11H12BrNO4/c1-3-7(2)17-11(14)8-5-4-6-9(10(8)12)13(15)16/h4-7H,3H2,1-2H3. The lowest BCUT2D eigenvalue weighted by atomic mass is 10.2. The Hall–Kier alpha value is -1.43. The van der Waals surface area contributed by atoms with Crippen LogP contribution in [0.15, 0.2) is 22.7 Å². The molecule has 1 atom stereocenters. The molecule has 5 nitrogen and oxygen atoms in total. The first-order valence-corrected chi connectivity index (χ1v) is 5.90. The smallest absolute Gasteiger partial charge is 0.339 e. The number of ether oxygens (including phenoxy) is 1. The lowest BCUT2D eigenvalue weighted by Crippen LogP contribution is -2.14. The molecular formula is C11H12BrNO4. The van der Waals surface area contributed by atoms with Crippen LogP contribution in [-0.4, -0.2) is 17.0 Å². The molecule has 0 aliphatic rings. The second-order valence-electron chi connectivity index (χ2n) is 3.52. The molecule has 1 rings (SSSR count). The zero-order valence-corrected chi connectivity index (χ0v) is 11.1. The number of nitro groups is 1. The first-order chi connectivity index (χ1) is 7.97. The Balaban J connectivity index is 3.02. The minimum atomic E-state index is -0.560. The third-order valence-corrected chi connectivity index (χ3v) is 3.11. The molecule has 0 saturated carbocycles. The molecule has 0 bridgehead atoms. The number of nitrogens with zero attached hydrogens (tertiary/aromatic N) is 1. The quantitative estimate of drug-likeness (QED) is 0.486. The van der Waals surface area contributed by atoms with E-state index in [4.69, 9.17) is 4.74 Å². The zero-order valence-electron chi connectivity index (χ0n) is 9.47. The van der Waals surface area contributed by atoms with Crippen molar-refractivity contribution in [1.29, 1.82) is 0 Å². The van der Waals surface area contributed by atoms with Gasteiger partial charge in [0.2, 0.25) is 0 Å². The Bertz CT molecular complexity index is 447. The number of carbonyl (C=O) groups excluding carboxylic acids is 1. The number of carbonyl (C=O) groups is 1. The highest BCUT2D eigenvalue weighted by atomic mass is 79.9. The van der Waals surface area contributed by atoms with Crippen LogP contribution in [0, 0.1) is 10.1 Å². The van der Waals surface area contributed by atoms with Gasteiger partial charge in [0.1, 0.15) is 4.47 Å². The maximum Gasteiger partial charge on any atom is 0.339 e. The van der Waals surface area contributed by atoms with E-state index in [0.717, 1.165) is 0 Å². The highest BCUT2D eigenvalue weighted by Gasteiger charge is 2.21. The molecule has 1 unspecified atom stereocenters. The summed E-state index contributed by atoms with van der Waals surface area (Å²) in [7, 11) is 0. The van der Waals surface area contributed by atoms with Gasteiger partial charge in [0.15, 0.2) is 0 Å². The van der Waals surface area contributed by atoms with E-state index >= 15 is 0 Å². The Morgan fingerprint density at radius 3 is 2.76 bits per heavy atom. The van der Waals surface area contributed by atoms with E-state index in [1.54, 1.807) is 6.92 Å². The van der Waals surface area contributed by atoms with Crippen molar-refractivity contribution in [1.82, 2.24) is 0 Å². The molecule has 1 aromatic rings. The number of rotatable bonds is 4. The normalized spacial score (nSPS) is 11.9. The maximum absolute atomic E-state index is 11.7. The third-order valence-electron chi connectivity index (χ3n) is 2.28. The molecule has 0 saturated heterocycles. The minimum absolute atomic E-state index is 0.149. The zero-order chi connectivity index (χ0) is 13.0. The van der Waals surface area contributed by atoms with Crippen molar-refractivity contribution in [2.45, 2.75) is 26.4 Å². The first-order valence-electron chi connectivity index (χ1n) is 5.11. The van der Waals surface area contributed by atoms with E-state index in [0.29, 0.717) is 6.42 Å². The monoisotopic (exact) mass is 301 g/mol. The molecule has 0 aliphatic heterocycles. The fourth-order valence-electron chi connectivity index (χ4n) is 1.15. The van der Waals surface area contributed by atoms with Gasteiger partial charge in [-0.15, -0.1) is 0 Å². The van der Waals surface area contributed by atoms with Crippen molar-refractivity contribution >= 4 is 27.6 Å². The van der Waals surface area contributed by atoms with Crippen LogP contribution in [0.4, 0.5) is 5.69 Å². The third kappa shape index (κ3) is 3.26. The average Bonchev–Trinajstić information content (AvgIpc) is 2.28. The van der Waals surface area contributed by atoms with Crippen LogP contribution < -0.4 is 0 Å². The average molecular weight is 302 g/mol. The van der Waals surface area contributed by atoms with Crippen molar-refractivity contribution in [3.63, 3.8) is 0 Å². The van der Waals surface area contributed by atoms with Crippen LogP contribution >= 0.6 is 15.9 Å². The summed E-state index contributed by atoms with van der Waals surface area (Å²) in [4.78, 5) is 21.9. The molecule has 0 aromatic heterocycles. The summed E-state index contributed by atoms with van der Waals surface area (Å²) in [5.41, 5.74) is 0.0168. The molecule has 0 amide bonds. The highest BCUT2D eigenvalue weighted by molar-refractivity contribution is 9.10. The molecule has 1 aromatic carbocycles. The summed E-state index contributed by atoms with van der Waals surface area (Å²) >= 11 is 3.05. The van der Waals surface area contributed by atoms with Crippen molar-refractivity contribution in [3.05, 3.63) is 38.3 Å². The van der Waals surface area contributed by atoms with Crippen LogP contribution in [-0.2, 0) is 4.74 Å². The largest absolute Gasteiger partial charge is 0.459 e. The van der Waals surface area contributed by atoms with Gasteiger partial charge >= 0.3 is 5.97 Å². The number of hydrogen-bond donors (Lipinski definition) is 0. The topological polar surface area (TPSA) is 69.4 Å². The number of nitro benzene ring substituents is 1. The predicted molar refractivity (Wildman–Crippen MR) is 66.0 cm³/mol. The van der Waals surface area contributed by atoms with Crippen molar-refractivity contribution in [3.8, 4) is 0 Å². The number of halogens is 1. The predicted octanol–water partition coefficient (Wildman–Crippen LogP) is 3.31. The summed E-state index contributed by atoms with van der Waals surface area (Å²) in [5, 5.41) is 10.7. The molecule has 0 heterocycles. The number of benzene rings is 1. The van der Waals surface area contributed by atoms with Gasteiger partial charge in [-0.3, -0.25) is 10.1 Å². The Morgan fingerprint density at radius 1 is 1.59 bits per heavy atom. The maximum atomic E-state index is 11.7. The molecule has 0 aliphatic carbocycles. The molecule has 6 heteroatoms. The molecular weight excluding hydrogens is 290 g/mol. The lowest BCUT2D eigenvalue weighted by Gasteiger charge is -2.11. The van der Waals surface area contributed by atoms with Crippen LogP contribution in [0.25, 0.3) is 0 Å². The summed E-state index contributed by atoms with van der Waals surface area (Å²) in [6, 6.07) is 4.27. The van der Waals surface area contributed by atoms with E-state index in [1.165, 1.54) is 18.2 Å². The molecule has 17 heavy (non-hydrogen) atoms.